The minimum Gasteiger partial charge on any atom is -0.351 e. The highest BCUT2D eigenvalue weighted by Gasteiger charge is 2.31. The number of nitrogens with one attached hydrogen (secondary N) is 2. The van der Waals surface area contributed by atoms with Crippen LogP contribution in [0, 0.1) is 11.8 Å². The summed E-state index contributed by atoms with van der Waals surface area (Å²) in [6, 6.07) is 0.425. The van der Waals surface area contributed by atoms with Crippen LogP contribution in [0.1, 0.15) is 39.5 Å². The molecule has 2 rings (SSSR count). The first-order valence-corrected chi connectivity index (χ1v) is 6.19. The summed E-state index contributed by atoms with van der Waals surface area (Å²) >= 11 is 0. The maximum atomic E-state index is 11.8. The molecule has 2 N–H and O–H groups in total. The molecule has 0 spiro atoms. The maximum Gasteiger partial charge on any atom is 0.237 e. The Morgan fingerprint density at radius 1 is 1.40 bits per heavy atom. The lowest BCUT2D eigenvalue weighted by molar-refractivity contribution is -0.125. The van der Waals surface area contributed by atoms with Crippen LogP contribution in [-0.4, -0.2) is 24.5 Å². The number of amides is 1. The lowest BCUT2D eigenvalue weighted by Crippen LogP contribution is -2.58. The summed E-state index contributed by atoms with van der Waals surface area (Å²) in [5, 5.41) is 6.51. The predicted molar refractivity (Wildman–Crippen MR) is 60.5 cm³/mol. The van der Waals surface area contributed by atoms with Gasteiger partial charge < -0.3 is 10.6 Å². The molecule has 0 aromatic rings. The molecule has 2 atom stereocenters. The van der Waals surface area contributed by atoms with Gasteiger partial charge in [0.1, 0.15) is 0 Å². The van der Waals surface area contributed by atoms with E-state index in [0.717, 1.165) is 18.9 Å². The fraction of sp³-hybridized carbons (Fsp3) is 0.917. The number of rotatable bonds is 4. The molecule has 3 heteroatoms. The molecule has 1 aliphatic heterocycles. The Morgan fingerprint density at radius 3 is 2.67 bits per heavy atom. The summed E-state index contributed by atoms with van der Waals surface area (Å²) in [7, 11) is 0. The molecule has 0 aromatic carbocycles. The molecule has 1 aliphatic carbocycles. The van der Waals surface area contributed by atoms with Crippen LogP contribution in [0.4, 0.5) is 0 Å². The lowest BCUT2D eigenvalue weighted by atomic mass is 9.99. The molecular weight excluding hydrogens is 188 g/mol. The summed E-state index contributed by atoms with van der Waals surface area (Å²) in [5.41, 5.74) is 0. The van der Waals surface area contributed by atoms with Crippen molar-refractivity contribution in [3.63, 3.8) is 0 Å². The van der Waals surface area contributed by atoms with Crippen molar-refractivity contribution in [1.29, 1.82) is 0 Å². The van der Waals surface area contributed by atoms with Crippen molar-refractivity contribution in [3.8, 4) is 0 Å². The van der Waals surface area contributed by atoms with Gasteiger partial charge in [0.2, 0.25) is 5.91 Å². The van der Waals surface area contributed by atoms with Crippen molar-refractivity contribution in [2.24, 2.45) is 11.8 Å². The van der Waals surface area contributed by atoms with Gasteiger partial charge in [0.15, 0.2) is 0 Å². The summed E-state index contributed by atoms with van der Waals surface area (Å²) in [6.45, 7) is 5.27. The van der Waals surface area contributed by atoms with Crippen molar-refractivity contribution < 1.29 is 4.79 Å². The molecule has 2 unspecified atom stereocenters. The van der Waals surface area contributed by atoms with Crippen LogP contribution in [0.5, 0.6) is 0 Å². The fourth-order valence-electron chi connectivity index (χ4n) is 2.29. The molecule has 0 aromatic heterocycles. The van der Waals surface area contributed by atoms with Crippen LogP contribution in [0.25, 0.3) is 0 Å². The monoisotopic (exact) mass is 210 g/mol. The third kappa shape index (κ3) is 3.20. The molecule has 0 bridgehead atoms. The molecule has 0 radical (unpaired) electrons. The zero-order valence-corrected chi connectivity index (χ0v) is 9.75. The largest absolute Gasteiger partial charge is 0.351 e. The second kappa shape index (κ2) is 4.52. The van der Waals surface area contributed by atoms with Crippen LogP contribution in [0.2, 0.25) is 0 Å². The summed E-state index contributed by atoms with van der Waals surface area (Å²) in [4.78, 5) is 11.8. The normalized spacial score (nSPS) is 31.8. The van der Waals surface area contributed by atoms with Gasteiger partial charge in [0, 0.05) is 12.6 Å². The molecule has 1 heterocycles. The first-order chi connectivity index (χ1) is 7.15. The van der Waals surface area contributed by atoms with E-state index in [2.05, 4.69) is 24.5 Å². The van der Waals surface area contributed by atoms with Crippen molar-refractivity contribution >= 4 is 5.91 Å². The molecule has 1 saturated carbocycles. The Labute approximate surface area is 92.0 Å². The first-order valence-electron chi connectivity index (χ1n) is 6.19. The zero-order valence-electron chi connectivity index (χ0n) is 9.75. The second-order valence-corrected chi connectivity index (χ2v) is 5.47. The van der Waals surface area contributed by atoms with Gasteiger partial charge in [-0.15, -0.1) is 0 Å². The Balaban J connectivity index is 1.77. The molecule has 1 amide bonds. The summed E-state index contributed by atoms with van der Waals surface area (Å²) in [6.07, 6.45) is 4.85. The number of carbonyl (C=O) groups is 1. The first kappa shape index (κ1) is 10.9. The minimum atomic E-state index is 0.0421. The number of hydrogen-bond acceptors (Lipinski definition) is 2. The van der Waals surface area contributed by atoms with Crippen molar-refractivity contribution in [2.45, 2.75) is 51.6 Å². The minimum absolute atomic E-state index is 0.0421. The van der Waals surface area contributed by atoms with E-state index < -0.39 is 0 Å². The van der Waals surface area contributed by atoms with E-state index in [9.17, 15) is 4.79 Å². The van der Waals surface area contributed by atoms with Gasteiger partial charge in [-0.2, -0.15) is 0 Å². The zero-order chi connectivity index (χ0) is 10.8. The molecule has 2 aliphatic rings. The lowest BCUT2D eigenvalue weighted by Gasteiger charge is -2.31. The van der Waals surface area contributed by atoms with Crippen molar-refractivity contribution in [2.75, 3.05) is 6.54 Å². The average Bonchev–Trinajstić information content (AvgIpc) is 2.93. The summed E-state index contributed by atoms with van der Waals surface area (Å²) < 4.78 is 0. The molecule has 15 heavy (non-hydrogen) atoms. The summed E-state index contributed by atoms with van der Waals surface area (Å²) in [5.74, 6) is 1.67. The molecule has 3 nitrogen and oxygen atoms in total. The van der Waals surface area contributed by atoms with E-state index in [-0.39, 0.29) is 11.9 Å². The Kier molecular flexibility index (Phi) is 3.29. The Morgan fingerprint density at radius 2 is 2.13 bits per heavy atom. The van der Waals surface area contributed by atoms with Gasteiger partial charge in [-0.3, -0.25) is 4.79 Å². The van der Waals surface area contributed by atoms with Crippen LogP contribution >= 0.6 is 0 Å². The van der Waals surface area contributed by atoms with Gasteiger partial charge in [-0.1, -0.05) is 26.7 Å². The SMILES string of the molecule is CC(C)CC1NCC(CC2CC2)NC1=O. The quantitative estimate of drug-likeness (QED) is 0.734. The third-order valence-corrected chi connectivity index (χ3v) is 3.30. The average molecular weight is 210 g/mol. The van der Waals surface area contributed by atoms with E-state index in [0.29, 0.717) is 12.0 Å². The highest BCUT2D eigenvalue weighted by atomic mass is 16.2. The molecule has 86 valence electrons. The highest BCUT2D eigenvalue weighted by Crippen LogP contribution is 2.33. The standard InChI is InChI=1S/C12H22N2O/c1-8(2)5-11-12(15)14-10(7-13-11)6-9-3-4-9/h8-11,13H,3-7H2,1-2H3,(H,14,15). The predicted octanol–water partition coefficient (Wildman–Crippen LogP) is 1.29. The van der Waals surface area contributed by atoms with Gasteiger partial charge in [-0.25, -0.2) is 0 Å². The van der Waals surface area contributed by atoms with Crippen molar-refractivity contribution in [1.82, 2.24) is 10.6 Å². The molecular formula is C12H22N2O. The smallest absolute Gasteiger partial charge is 0.237 e. The molecule has 2 fully saturated rings. The van der Waals surface area contributed by atoms with Gasteiger partial charge in [-0.05, 0) is 24.7 Å². The highest BCUT2D eigenvalue weighted by molar-refractivity contribution is 5.82. The Bertz CT molecular complexity index is 236. The molecule has 1 saturated heterocycles. The Hall–Kier alpha value is -0.570. The number of carbonyl (C=O) groups excluding carboxylic acids is 1. The maximum absolute atomic E-state index is 11.8. The fourth-order valence-corrected chi connectivity index (χ4v) is 2.29. The second-order valence-electron chi connectivity index (χ2n) is 5.47. The topological polar surface area (TPSA) is 41.1 Å². The van der Waals surface area contributed by atoms with E-state index in [1.807, 2.05) is 0 Å². The van der Waals surface area contributed by atoms with Crippen molar-refractivity contribution in [3.05, 3.63) is 0 Å². The van der Waals surface area contributed by atoms with E-state index in [1.165, 1.54) is 19.3 Å². The van der Waals surface area contributed by atoms with Crippen LogP contribution in [0.3, 0.4) is 0 Å². The van der Waals surface area contributed by atoms with E-state index in [1.54, 1.807) is 0 Å². The van der Waals surface area contributed by atoms with Crippen LogP contribution < -0.4 is 10.6 Å². The van der Waals surface area contributed by atoms with Gasteiger partial charge >= 0.3 is 0 Å². The van der Waals surface area contributed by atoms with Gasteiger partial charge in [0.05, 0.1) is 6.04 Å². The number of piperazine rings is 1. The third-order valence-electron chi connectivity index (χ3n) is 3.30. The van der Waals surface area contributed by atoms with Crippen LogP contribution in [0.15, 0.2) is 0 Å². The number of hydrogen-bond donors (Lipinski definition) is 2. The van der Waals surface area contributed by atoms with E-state index in [4.69, 9.17) is 0 Å². The van der Waals surface area contributed by atoms with E-state index >= 15 is 0 Å². The van der Waals surface area contributed by atoms with Gasteiger partial charge in [0.25, 0.3) is 0 Å². The van der Waals surface area contributed by atoms with Crippen LogP contribution in [-0.2, 0) is 4.79 Å².